The Kier molecular flexibility index (Phi) is 6.31. The van der Waals surface area contributed by atoms with Gasteiger partial charge in [-0.2, -0.15) is 0 Å². The highest BCUT2D eigenvalue weighted by molar-refractivity contribution is 5.68. The zero-order valence-electron chi connectivity index (χ0n) is 14.0. The van der Waals surface area contributed by atoms with Crippen LogP contribution in [0.25, 0.3) is 0 Å². The van der Waals surface area contributed by atoms with Crippen LogP contribution in [-0.2, 0) is 4.74 Å². The van der Waals surface area contributed by atoms with E-state index in [1.165, 1.54) is 12.8 Å². The molecule has 118 valence electrons. The van der Waals surface area contributed by atoms with Crippen molar-refractivity contribution in [1.82, 2.24) is 10.2 Å². The van der Waals surface area contributed by atoms with E-state index in [0.717, 1.165) is 25.4 Å². The van der Waals surface area contributed by atoms with Gasteiger partial charge in [-0.05, 0) is 52.9 Å². The second kappa shape index (κ2) is 7.30. The molecule has 1 rings (SSSR count). The number of ether oxygens (including phenoxy) is 1. The monoisotopic (exact) mass is 284 g/mol. The van der Waals surface area contributed by atoms with Crippen LogP contribution in [0.1, 0.15) is 60.8 Å². The molecule has 20 heavy (non-hydrogen) atoms. The number of hydrogen-bond acceptors (Lipinski definition) is 3. The first-order chi connectivity index (χ1) is 9.17. The van der Waals surface area contributed by atoms with Crippen molar-refractivity contribution in [2.45, 2.75) is 78.5 Å². The van der Waals surface area contributed by atoms with Crippen LogP contribution in [0.2, 0.25) is 0 Å². The van der Waals surface area contributed by atoms with E-state index in [4.69, 9.17) is 4.74 Å². The summed E-state index contributed by atoms with van der Waals surface area (Å²) in [5.74, 6) is 0.751. The summed E-state index contributed by atoms with van der Waals surface area (Å²) < 4.78 is 5.41. The third-order valence-electron chi connectivity index (χ3n) is 3.54. The first kappa shape index (κ1) is 17.3. The lowest BCUT2D eigenvalue weighted by Crippen LogP contribution is -2.41. The Labute approximate surface area is 124 Å². The fraction of sp³-hybridized carbons (Fsp3) is 0.938. The lowest BCUT2D eigenvalue weighted by molar-refractivity contribution is 0.0290. The molecule has 0 saturated carbocycles. The van der Waals surface area contributed by atoms with E-state index in [9.17, 15) is 4.79 Å². The molecule has 0 radical (unpaired) electrons. The van der Waals surface area contributed by atoms with Crippen LogP contribution in [-0.4, -0.2) is 41.8 Å². The molecular weight excluding hydrogens is 252 g/mol. The summed E-state index contributed by atoms with van der Waals surface area (Å²) in [5, 5.41) is 3.63. The van der Waals surface area contributed by atoms with Crippen molar-refractivity contribution in [3.63, 3.8) is 0 Å². The Bertz CT molecular complexity index is 310. The summed E-state index contributed by atoms with van der Waals surface area (Å²) >= 11 is 0. The Morgan fingerprint density at radius 3 is 2.50 bits per heavy atom. The molecule has 4 heteroatoms. The molecule has 2 atom stereocenters. The third-order valence-corrected chi connectivity index (χ3v) is 3.54. The zero-order chi connectivity index (χ0) is 15.3. The number of carbonyl (C=O) groups excluding carboxylic acids is 1. The van der Waals surface area contributed by atoms with E-state index in [-0.39, 0.29) is 6.09 Å². The lowest BCUT2D eigenvalue weighted by Gasteiger charge is -2.25. The number of nitrogens with one attached hydrogen (secondary N) is 1. The van der Waals surface area contributed by atoms with Gasteiger partial charge in [0.25, 0.3) is 0 Å². The molecule has 0 spiro atoms. The van der Waals surface area contributed by atoms with Crippen LogP contribution in [0.5, 0.6) is 0 Å². The fourth-order valence-corrected chi connectivity index (χ4v) is 2.46. The summed E-state index contributed by atoms with van der Waals surface area (Å²) in [5.41, 5.74) is -0.410. The zero-order valence-corrected chi connectivity index (χ0v) is 14.0. The van der Waals surface area contributed by atoms with E-state index >= 15 is 0 Å². The van der Waals surface area contributed by atoms with Gasteiger partial charge in [0.05, 0.1) is 0 Å². The van der Waals surface area contributed by atoms with Crippen LogP contribution < -0.4 is 5.32 Å². The molecule has 0 aromatic rings. The SMILES string of the molecule is CC(C)CCC(C)NC1CCN(C(=O)OC(C)(C)C)C1. The van der Waals surface area contributed by atoms with Gasteiger partial charge < -0.3 is 15.0 Å². The number of likely N-dealkylation sites (tertiary alicyclic amines) is 1. The maximum atomic E-state index is 12.0. The second-order valence-electron chi connectivity index (χ2n) is 7.45. The molecule has 1 N–H and O–H groups in total. The minimum atomic E-state index is -0.410. The standard InChI is InChI=1S/C16H32N2O2/c1-12(2)7-8-13(3)17-14-9-10-18(11-14)15(19)20-16(4,5)6/h12-14,17H,7-11H2,1-6H3. The van der Waals surface area contributed by atoms with Crippen LogP contribution in [0, 0.1) is 5.92 Å². The molecule has 0 aromatic heterocycles. The first-order valence-corrected chi connectivity index (χ1v) is 7.91. The number of amides is 1. The lowest BCUT2D eigenvalue weighted by atomic mass is 10.0. The van der Waals surface area contributed by atoms with Gasteiger partial charge in [-0.25, -0.2) is 4.79 Å². The second-order valence-corrected chi connectivity index (χ2v) is 7.45. The average molecular weight is 284 g/mol. The van der Waals surface area contributed by atoms with Crippen molar-refractivity contribution in [3.05, 3.63) is 0 Å². The Hall–Kier alpha value is -0.770. The summed E-state index contributed by atoms with van der Waals surface area (Å²) in [6.07, 6.45) is 3.28. The fourth-order valence-electron chi connectivity index (χ4n) is 2.46. The highest BCUT2D eigenvalue weighted by atomic mass is 16.6. The molecule has 0 aromatic carbocycles. The highest BCUT2D eigenvalue weighted by Gasteiger charge is 2.30. The molecule has 1 heterocycles. The van der Waals surface area contributed by atoms with Crippen LogP contribution in [0.15, 0.2) is 0 Å². The molecule has 2 unspecified atom stereocenters. The Morgan fingerprint density at radius 1 is 1.30 bits per heavy atom. The summed E-state index contributed by atoms with van der Waals surface area (Å²) in [6.45, 7) is 14.0. The smallest absolute Gasteiger partial charge is 0.410 e. The predicted molar refractivity (Wildman–Crippen MR) is 82.9 cm³/mol. The van der Waals surface area contributed by atoms with E-state index in [1.54, 1.807) is 0 Å². The van der Waals surface area contributed by atoms with Crippen molar-refractivity contribution in [2.24, 2.45) is 5.92 Å². The van der Waals surface area contributed by atoms with Gasteiger partial charge in [0.2, 0.25) is 0 Å². The largest absolute Gasteiger partial charge is 0.444 e. The van der Waals surface area contributed by atoms with Crippen molar-refractivity contribution in [2.75, 3.05) is 13.1 Å². The van der Waals surface area contributed by atoms with Crippen LogP contribution >= 0.6 is 0 Å². The molecule has 1 amide bonds. The van der Waals surface area contributed by atoms with Gasteiger partial charge in [0, 0.05) is 25.2 Å². The van der Waals surface area contributed by atoms with Gasteiger partial charge >= 0.3 is 6.09 Å². The van der Waals surface area contributed by atoms with Gasteiger partial charge in [-0.15, -0.1) is 0 Å². The highest BCUT2D eigenvalue weighted by Crippen LogP contribution is 2.16. The van der Waals surface area contributed by atoms with Crippen LogP contribution in [0.3, 0.4) is 0 Å². The molecule has 1 aliphatic rings. The predicted octanol–water partition coefficient (Wildman–Crippen LogP) is 3.41. The van der Waals surface area contributed by atoms with Gasteiger partial charge in [-0.1, -0.05) is 13.8 Å². The first-order valence-electron chi connectivity index (χ1n) is 7.91. The Balaban J connectivity index is 2.31. The summed E-state index contributed by atoms with van der Waals surface area (Å²) in [6, 6.07) is 0.922. The minimum Gasteiger partial charge on any atom is -0.444 e. The molecule has 1 fully saturated rings. The van der Waals surface area contributed by atoms with Crippen molar-refractivity contribution < 1.29 is 9.53 Å². The maximum absolute atomic E-state index is 12.0. The molecule has 1 saturated heterocycles. The molecule has 0 bridgehead atoms. The van der Waals surface area contributed by atoms with E-state index in [2.05, 4.69) is 26.1 Å². The normalized spacial score (nSPS) is 21.4. The molecule has 0 aliphatic carbocycles. The maximum Gasteiger partial charge on any atom is 0.410 e. The topological polar surface area (TPSA) is 41.6 Å². The third kappa shape index (κ3) is 6.60. The van der Waals surface area contributed by atoms with Crippen molar-refractivity contribution in [1.29, 1.82) is 0 Å². The van der Waals surface area contributed by atoms with Crippen molar-refractivity contribution in [3.8, 4) is 0 Å². The van der Waals surface area contributed by atoms with Crippen LogP contribution in [0.4, 0.5) is 4.79 Å². The summed E-state index contributed by atoms with van der Waals surface area (Å²) in [7, 11) is 0. The quantitative estimate of drug-likeness (QED) is 0.841. The number of carbonyl (C=O) groups is 1. The Morgan fingerprint density at radius 2 is 1.95 bits per heavy atom. The average Bonchev–Trinajstić information content (AvgIpc) is 2.72. The van der Waals surface area contributed by atoms with Gasteiger partial charge in [-0.3, -0.25) is 0 Å². The number of nitrogens with zero attached hydrogens (tertiary/aromatic N) is 1. The van der Waals surface area contributed by atoms with E-state index in [1.807, 2.05) is 25.7 Å². The van der Waals surface area contributed by atoms with Gasteiger partial charge in [0.1, 0.15) is 5.60 Å². The minimum absolute atomic E-state index is 0.184. The molecule has 1 aliphatic heterocycles. The van der Waals surface area contributed by atoms with Gasteiger partial charge in [0.15, 0.2) is 0 Å². The number of hydrogen-bond donors (Lipinski definition) is 1. The van der Waals surface area contributed by atoms with Crippen molar-refractivity contribution >= 4 is 6.09 Å². The molecular formula is C16H32N2O2. The van der Waals surface area contributed by atoms with E-state index in [0.29, 0.717) is 12.1 Å². The number of rotatable bonds is 5. The van der Waals surface area contributed by atoms with E-state index < -0.39 is 5.60 Å². The summed E-state index contributed by atoms with van der Waals surface area (Å²) in [4.78, 5) is 13.8. The molecule has 4 nitrogen and oxygen atoms in total.